The zero-order valence-corrected chi connectivity index (χ0v) is 13.2. The van der Waals surface area contributed by atoms with E-state index in [2.05, 4.69) is 0 Å². The molecule has 0 saturated carbocycles. The molecule has 20 heavy (non-hydrogen) atoms. The number of thioether (sulfide) groups is 1. The number of aliphatic hydroxyl groups excluding tert-OH is 1. The molecule has 1 N–H and O–H groups in total. The van der Waals surface area contributed by atoms with Gasteiger partial charge in [-0.05, 0) is 34.0 Å². The summed E-state index contributed by atoms with van der Waals surface area (Å²) < 4.78 is 22.3. The van der Waals surface area contributed by atoms with Crippen LogP contribution in [0.4, 0.5) is 0 Å². The molecule has 4 atom stereocenters. The van der Waals surface area contributed by atoms with Crippen LogP contribution in [0.1, 0.15) is 27.7 Å². The minimum absolute atomic E-state index is 0.169. The minimum Gasteiger partial charge on any atom is -0.387 e. The van der Waals surface area contributed by atoms with E-state index in [4.69, 9.17) is 18.9 Å². The van der Waals surface area contributed by atoms with Crippen LogP contribution in [-0.4, -0.2) is 59.1 Å². The molecule has 0 aliphatic carbocycles. The van der Waals surface area contributed by atoms with E-state index in [9.17, 15) is 9.90 Å². The minimum atomic E-state index is -0.986. The van der Waals surface area contributed by atoms with Crippen molar-refractivity contribution in [2.75, 3.05) is 12.9 Å². The van der Waals surface area contributed by atoms with E-state index < -0.39 is 36.0 Å². The van der Waals surface area contributed by atoms with Crippen LogP contribution in [0.5, 0.6) is 0 Å². The Morgan fingerprint density at radius 3 is 2.35 bits per heavy atom. The summed E-state index contributed by atoms with van der Waals surface area (Å²) in [6.07, 6.45) is -1.40. The van der Waals surface area contributed by atoms with Gasteiger partial charge >= 0.3 is 0 Å². The Morgan fingerprint density at radius 1 is 1.20 bits per heavy atom. The Hall–Kier alpha value is -0.180. The maximum Gasteiger partial charge on any atom is 0.220 e. The van der Waals surface area contributed by atoms with Crippen molar-refractivity contribution in [1.29, 1.82) is 0 Å². The van der Waals surface area contributed by atoms with Gasteiger partial charge in [-0.3, -0.25) is 4.79 Å². The number of rotatable bonds is 3. The largest absolute Gasteiger partial charge is 0.387 e. The van der Waals surface area contributed by atoms with Crippen molar-refractivity contribution in [3.63, 3.8) is 0 Å². The van der Waals surface area contributed by atoms with E-state index in [0.29, 0.717) is 0 Å². The Labute approximate surface area is 123 Å². The zero-order chi connectivity index (χ0) is 15.1. The third-order valence-electron chi connectivity index (χ3n) is 3.31. The quantitative estimate of drug-likeness (QED) is 0.830. The lowest BCUT2D eigenvalue weighted by Gasteiger charge is -2.26. The third-order valence-corrected chi connectivity index (χ3v) is 3.95. The van der Waals surface area contributed by atoms with Crippen molar-refractivity contribution >= 4 is 16.9 Å². The van der Waals surface area contributed by atoms with Gasteiger partial charge in [0.2, 0.25) is 5.12 Å². The van der Waals surface area contributed by atoms with Crippen LogP contribution in [0.25, 0.3) is 0 Å². The maximum atomic E-state index is 11.9. The highest BCUT2D eigenvalue weighted by atomic mass is 32.2. The Kier molecular flexibility index (Phi) is 4.49. The molecular weight excluding hydrogens is 284 g/mol. The molecule has 0 amide bonds. The van der Waals surface area contributed by atoms with Gasteiger partial charge in [0.1, 0.15) is 18.3 Å². The molecule has 7 heteroatoms. The van der Waals surface area contributed by atoms with Gasteiger partial charge in [-0.2, -0.15) is 0 Å². The lowest BCUT2D eigenvalue weighted by atomic mass is 10.0. The molecule has 2 aliphatic heterocycles. The summed E-state index contributed by atoms with van der Waals surface area (Å²) in [5.41, 5.74) is 0. The predicted octanol–water partition coefficient (Wildman–Crippen LogP) is 0.908. The van der Waals surface area contributed by atoms with E-state index in [1.54, 1.807) is 34.0 Å². The molecule has 0 radical (unpaired) electrons. The highest BCUT2D eigenvalue weighted by molar-refractivity contribution is 8.13. The first-order valence-electron chi connectivity index (χ1n) is 6.58. The summed E-state index contributed by atoms with van der Waals surface area (Å²) in [6.45, 7) is 7.25. The van der Waals surface area contributed by atoms with Gasteiger partial charge in [0.25, 0.3) is 0 Å². The first-order chi connectivity index (χ1) is 9.15. The molecule has 0 aromatic rings. The van der Waals surface area contributed by atoms with Gasteiger partial charge in [0, 0.05) is 0 Å². The van der Waals surface area contributed by atoms with Crippen LogP contribution in [0.15, 0.2) is 0 Å². The van der Waals surface area contributed by atoms with Gasteiger partial charge in [-0.25, -0.2) is 0 Å². The monoisotopic (exact) mass is 306 g/mol. The molecule has 0 bridgehead atoms. The molecular formula is C13H22O6S. The van der Waals surface area contributed by atoms with Gasteiger partial charge in [-0.15, -0.1) is 0 Å². The van der Waals surface area contributed by atoms with Crippen LogP contribution in [0.3, 0.4) is 0 Å². The van der Waals surface area contributed by atoms with Crippen LogP contribution >= 0.6 is 11.8 Å². The maximum absolute atomic E-state index is 11.9. The van der Waals surface area contributed by atoms with Crippen molar-refractivity contribution in [3.05, 3.63) is 0 Å². The number of carbonyl (C=O) groups excluding carboxylic acids is 1. The number of hydrogen-bond donors (Lipinski definition) is 1. The average molecular weight is 306 g/mol. The average Bonchev–Trinajstić information content (AvgIpc) is 2.87. The Balaban J connectivity index is 2.11. The standard InChI is InChI=1S/C13H22O6S/c1-12(2)16-6-7(17-12)8(14)9-10(11(15)20-5)19-13(3,4)18-9/h7-10,14H,6H2,1-5H3/t7-,8-,9+,10+/m1/s1. The highest BCUT2D eigenvalue weighted by Crippen LogP contribution is 2.35. The number of hydrogen-bond acceptors (Lipinski definition) is 7. The number of ether oxygens (including phenoxy) is 4. The SMILES string of the molecule is CSC(=O)[C@H]1OC(C)(C)O[C@H]1[C@H](O)[C@H]1COC(C)(C)O1. The normalized spacial score (nSPS) is 37.0. The van der Waals surface area contributed by atoms with Crippen molar-refractivity contribution in [2.45, 2.75) is 63.7 Å². The summed E-state index contributed by atoms with van der Waals surface area (Å²) in [4.78, 5) is 11.9. The topological polar surface area (TPSA) is 74.2 Å². The second kappa shape index (κ2) is 5.55. The third kappa shape index (κ3) is 3.35. The molecule has 2 fully saturated rings. The van der Waals surface area contributed by atoms with E-state index in [1.165, 1.54) is 0 Å². The van der Waals surface area contributed by atoms with E-state index in [-0.39, 0.29) is 11.7 Å². The highest BCUT2D eigenvalue weighted by Gasteiger charge is 2.52. The van der Waals surface area contributed by atoms with Gasteiger partial charge in [0.15, 0.2) is 17.7 Å². The van der Waals surface area contributed by atoms with Crippen molar-refractivity contribution < 1.29 is 28.8 Å². The summed E-state index contributed by atoms with van der Waals surface area (Å²) in [7, 11) is 0. The smallest absolute Gasteiger partial charge is 0.220 e. The molecule has 0 spiro atoms. The Bertz CT molecular complexity index is 383. The molecule has 2 heterocycles. The summed E-state index contributed by atoms with van der Waals surface area (Å²) in [5, 5.41) is 10.3. The van der Waals surface area contributed by atoms with E-state index in [1.807, 2.05) is 0 Å². The summed E-state index contributed by atoms with van der Waals surface area (Å²) >= 11 is 1.06. The number of carbonyl (C=O) groups is 1. The molecule has 116 valence electrons. The summed E-state index contributed by atoms with van der Waals surface area (Å²) in [6, 6.07) is 0. The zero-order valence-electron chi connectivity index (χ0n) is 12.4. The second-order valence-electron chi connectivity index (χ2n) is 5.90. The Morgan fingerprint density at radius 2 is 1.85 bits per heavy atom. The lowest BCUT2D eigenvalue weighted by Crippen LogP contribution is -2.46. The molecule has 0 aromatic heterocycles. The summed E-state index contributed by atoms with van der Waals surface area (Å²) in [5.74, 6) is -1.64. The van der Waals surface area contributed by atoms with Crippen LogP contribution in [-0.2, 0) is 23.7 Å². The van der Waals surface area contributed by atoms with E-state index in [0.717, 1.165) is 11.8 Å². The van der Waals surface area contributed by atoms with Crippen molar-refractivity contribution in [3.8, 4) is 0 Å². The van der Waals surface area contributed by atoms with Gasteiger partial charge in [-0.1, -0.05) is 11.8 Å². The first-order valence-corrected chi connectivity index (χ1v) is 7.81. The molecule has 2 rings (SSSR count). The van der Waals surface area contributed by atoms with Gasteiger partial charge in [0.05, 0.1) is 6.61 Å². The second-order valence-corrected chi connectivity index (χ2v) is 6.71. The van der Waals surface area contributed by atoms with E-state index >= 15 is 0 Å². The van der Waals surface area contributed by atoms with Crippen LogP contribution in [0, 0.1) is 0 Å². The molecule has 6 nitrogen and oxygen atoms in total. The fraction of sp³-hybridized carbons (Fsp3) is 0.923. The molecule has 2 saturated heterocycles. The first kappa shape index (κ1) is 16.2. The molecule has 0 unspecified atom stereocenters. The van der Waals surface area contributed by atoms with Crippen molar-refractivity contribution in [2.24, 2.45) is 0 Å². The number of aliphatic hydroxyl groups is 1. The molecule has 2 aliphatic rings. The van der Waals surface area contributed by atoms with Crippen LogP contribution in [0.2, 0.25) is 0 Å². The predicted molar refractivity (Wildman–Crippen MR) is 73.3 cm³/mol. The van der Waals surface area contributed by atoms with Gasteiger partial charge < -0.3 is 24.1 Å². The fourth-order valence-corrected chi connectivity index (χ4v) is 2.85. The van der Waals surface area contributed by atoms with Crippen molar-refractivity contribution in [1.82, 2.24) is 0 Å². The molecule has 0 aromatic carbocycles. The fourth-order valence-electron chi connectivity index (χ4n) is 2.43. The van der Waals surface area contributed by atoms with Crippen LogP contribution < -0.4 is 0 Å². The lowest BCUT2D eigenvalue weighted by molar-refractivity contribution is -0.178.